The lowest BCUT2D eigenvalue weighted by Crippen LogP contribution is -2.23. The number of ether oxygens (including phenoxy) is 1. The molecule has 0 bridgehead atoms. The van der Waals surface area contributed by atoms with Crippen LogP contribution in [0.4, 0.5) is 5.69 Å². The van der Waals surface area contributed by atoms with E-state index in [0.29, 0.717) is 34.4 Å². The van der Waals surface area contributed by atoms with E-state index in [4.69, 9.17) is 4.74 Å². The summed E-state index contributed by atoms with van der Waals surface area (Å²) >= 11 is 0. The van der Waals surface area contributed by atoms with E-state index in [1.807, 2.05) is 63.2 Å². The molecule has 0 saturated carbocycles. The average molecular weight is 412 g/mol. The summed E-state index contributed by atoms with van der Waals surface area (Å²) in [6.45, 7) is 6.42. The molecule has 0 spiro atoms. The van der Waals surface area contributed by atoms with E-state index < -0.39 is 0 Å². The van der Waals surface area contributed by atoms with Crippen LogP contribution in [0.1, 0.15) is 28.4 Å². The number of nitrogens with one attached hydrogen (secondary N) is 1. The molecule has 0 unspecified atom stereocenters. The van der Waals surface area contributed by atoms with Crippen LogP contribution in [0.15, 0.2) is 77.7 Å². The zero-order valence-corrected chi connectivity index (χ0v) is 17.8. The van der Waals surface area contributed by atoms with Crippen molar-refractivity contribution in [3.63, 3.8) is 0 Å². The maximum atomic E-state index is 13.3. The van der Waals surface area contributed by atoms with Crippen LogP contribution in [0.2, 0.25) is 0 Å². The molecule has 1 heterocycles. The van der Waals surface area contributed by atoms with Crippen molar-refractivity contribution in [2.45, 2.75) is 20.8 Å². The first kappa shape index (κ1) is 20.4. The summed E-state index contributed by atoms with van der Waals surface area (Å²) in [5, 5.41) is 4.05. The quantitative estimate of drug-likeness (QED) is 0.486. The number of carbonyl (C=O) groups is 1. The van der Waals surface area contributed by atoms with Crippen LogP contribution in [0, 0.1) is 13.8 Å². The molecule has 3 aromatic carbocycles. The Kier molecular flexibility index (Phi) is 5.58. The Morgan fingerprint density at radius 1 is 0.935 bits per heavy atom. The van der Waals surface area contributed by atoms with Gasteiger partial charge in [-0.05, 0) is 62.2 Å². The van der Waals surface area contributed by atoms with Gasteiger partial charge in [-0.3, -0.25) is 14.2 Å². The molecule has 156 valence electrons. The van der Waals surface area contributed by atoms with Gasteiger partial charge in [0.25, 0.3) is 11.5 Å². The fourth-order valence-corrected chi connectivity index (χ4v) is 3.58. The number of aryl methyl sites for hydroxylation is 2. The second-order valence-corrected chi connectivity index (χ2v) is 7.42. The molecule has 5 nitrogen and oxygen atoms in total. The molecular weight excluding hydrogens is 388 g/mol. The van der Waals surface area contributed by atoms with Gasteiger partial charge in [0.05, 0.1) is 17.9 Å². The summed E-state index contributed by atoms with van der Waals surface area (Å²) < 4.78 is 7.17. The van der Waals surface area contributed by atoms with E-state index >= 15 is 0 Å². The molecule has 0 fully saturated rings. The van der Waals surface area contributed by atoms with E-state index in [1.165, 1.54) is 4.57 Å². The summed E-state index contributed by atoms with van der Waals surface area (Å²) in [4.78, 5) is 26.5. The van der Waals surface area contributed by atoms with Gasteiger partial charge < -0.3 is 10.1 Å². The predicted octanol–water partition coefficient (Wildman–Crippen LogP) is 5.26. The number of pyridine rings is 1. The van der Waals surface area contributed by atoms with Crippen molar-refractivity contribution in [2.75, 3.05) is 11.9 Å². The molecule has 1 N–H and O–H groups in total. The smallest absolute Gasteiger partial charge is 0.262 e. The van der Waals surface area contributed by atoms with Crippen molar-refractivity contribution < 1.29 is 9.53 Å². The molecule has 1 aromatic heterocycles. The fourth-order valence-electron chi connectivity index (χ4n) is 3.58. The number of amides is 1. The minimum absolute atomic E-state index is 0.162. The molecule has 0 saturated heterocycles. The molecule has 0 radical (unpaired) electrons. The van der Waals surface area contributed by atoms with Crippen molar-refractivity contribution in [3.8, 4) is 11.4 Å². The molecule has 0 atom stereocenters. The number of anilines is 1. The van der Waals surface area contributed by atoms with Gasteiger partial charge in [-0.15, -0.1) is 0 Å². The lowest BCUT2D eigenvalue weighted by molar-refractivity contribution is 0.102. The highest BCUT2D eigenvalue weighted by Gasteiger charge is 2.17. The first-order chi connectivity index (χ1) is 15.0. The molecule has 0 aliphatic rings. The number of para-hydroxylation sites is 2. The summed E-state index contributed by atoms with van der Waals surface area (Å²) in [5.41, 5.74) is 3.78. The van der Waals surface area contributed by atoms with Gasteiger partial charge in [0.1, 0.15) is 5.75 Å². The van der Waals surface area contributed by atoms with Gasteiger partial charge in [0.2, 0.25) is 0 Å². The highest BCUT2D eigenvalue weighted by Crippen LogP contribution is 2.26. The molecule has 5 heteroatoms. The number of aromatic nitrogens is 1. The third kappa shape index (κ3) is 3.94. The Labute approximate surface area is 180 Å². The van der Waals surface area contributed by atoms with Crippen LogP contribution in [0.5, 0.6) is 5.75 Å². The Morgan fingerprint density at radius 3 is 2.39 bits per heavy atom. The molecule has 31 heavy (non-hydrogen) atoms. The first-order valence-corrected chi connectivity index (χ1v) is 10.2. The molecule has 4 aromatic rings. The average Bonchev–Trinajstić information content (AvgIpc) is 2.78. The summed E-state index contributed by atoms with van der Waals surface area (Å²) in [6, 6.07) is 20.3. The number of nitrogens with zero attached hydrogens (tertiary/aromatic N) is 1. The van der Waals surface area contributed by atoms with Crippen molar-refractivity contribution >= 4 is 22.4 Å². The fraction of sp³-hybridized carbons (Fsp3) is 0.154. The van der Waals surface area contributed by atoms with E-state index in [0.717, 1.165) is 16.8 Å². The Bertz CT molecular complexity index is 1340. The second kappa shape index (κ2) is 8.48. The Morgan fingerprint density at radius 2 is 1.65 bits per heavy atom. The van der Waals surface area contributed by atoms with E-state index in [2.05, 4.69) is 5.32 Å². The SMILES string of the molecule is CCOc1ccccc1NC(=O)c1cn(-c2ccc(C)c(C)c2)c(=O)c2ccccc12. The van der Waals surface area contributed by atoms with Gasteiger partial charge in [0, 0.05) is 22.7 Å². The maximum absolute atomic E-state index is 13.3. The second-order valence-electron chi connectivity index (χ2n) is 7.42. The van der Waals surface area contributed by atoms with Crippen LogP contribution in [0.25, 0.3) is 16.5 Å². The number of carbonyl (C=O) groups excluding carboxylic acids is 1. The number of benzene rings is 3. The first-order valence-electron chi connectivity index (χ1n) is 10.2. The van der Waals surface area contributed by atoms with Gasteiger partial charge >= 0.3 is 0 Å². The topological polar surface area (TPSA) is 60.3 Å². The number of hydrogen-bond acceptors (Lipinski definition) is 3. The van der Waals surface area contributed by atoms with Gasteiger partial charge in [-0.25, -0.2) is 0 Å². The van der Waals surface area contributed by atoms with Gasteiger partial charge in [0.15, 0.2) is 0 Å². The minimum Gasteiger partial charge on any atom is -0.492 e. The third-order valence-corrected chi connectivity index (χ3v) is 5.37. The lowest BCUT2D eigenvalue weighted by atomic mass is 10.1. The van der Waals surface area contributed by atoms with Crippen molar-refractivity contribution in [1.29, 1.82) is 0 Å². The Hall–Kier alpha value is -3.86. The van der Waals surface area contributed by atoms with Gasteiger partial charge in [-0.1, -0.05) is 36.4 Å². The number of hydrogen-bond donors (Lipinski definition) is 1. The predicted molar refractivity (Wildman–Crippen MR) is 125 cm³/mol. The summed E-state index contributed by atoms with van der Waals surface area (Å²) in [5.74, 6) is 0.297. The van der Waals surface area contributed by atoms with Crippen LogP contribution in [-0.2, 0) is 0 Å². The largest absolute Gasteiger partial charge is 0.492 e. The van der Waals surface area contributed by atoms with Crippen molar-refractivity contribution in [1.82, 2.24) is 4.57 Å². The Balaban J connectivity index is 1.86. The standard InChI is InChI=1S/C26H24N2O3/c1-4-31-24-12-8-7-11-23(24)27-25(29)22-16-28(19-14-13-17(2)18(3)15-19)26(30)21-10-6-5-9-20(21)22/h5-16H,4H2,1-3H3,(H,27,29). The van der Waals surface area contributed by atoms with Crippen molar-refractivity contribution in [3.05, 3.63) is 100.0 Å². The molecule has 1 amide bonds. The van der Waals surface area contributed by atoms with Crippen LogP contribution in [0.3, 0.4) is 0 Å². The van der Waals surface area contributed by atoms with Crippen LogP contribution < -0.4 is 15.6 Å². The van der Waals surface area contributed by atoms with Crippen LogP contribution in [-0.4, -0.2) is 17.1 Å². The molecular formula is C26H24N2O3. The van der Waals surface area contributed by atoms with Crippen LogP contribution >= 0.6 is 0 Å². The molecule has 0 aliphatic carbocycles. The van der Waals surface area contributed by atoms with Gasteiger partial charge in [-0.2, -0.15) is 0 Å². The number of rotatable bonds is 5. The third-order valence-electron chi connectivity index (χ3n) is 5.37. The van der Waals surface area contributed by atoms with E-state index in [9.17, 15) is 9.59 Å². The highest BCUT2D eigenvalue weighted by atomic mass is 16.5. The monoisotopic (exact) mass is 412 g/mol. The van der Waals surface area contributed by atoms with Crippen molar-refractivity contribution in [2.24, 2.45) is 0 Å². The normalized spacial score (nSPS) is 10.8. The van der Waals surface area contributed by atoms with E-state index in [-0.39, 0.29) is 11.5 Å². The van der Waals surface area contributed by atoms with E-state index in [1.54, 1.807) is 30.5 Å². The zero-order chi connectivity index (χ0) is 22.0. The minimum atomic E-state index is -0.305. The highest BCUT2D eigenvalue weighted by molar-refractivity contribution is 6.13. The molecule has 4 rings (SSSR count). The maximum Gasteiger partial charge on any atom is 0.262 e. The molecule has 0 aliphatic heterocycles. The summed E-state index contributed by atoms with van der Waals surface area (Å²) in [7, 11) is 0. The number of fused-ring (bicyclic) bond motifs is 1. The zero-order valence-electron chi connectivity index (χ0n) is 17.8. The lowest BCUT2D eigenvalue weighted by Gasteiger charge is -2.15. The summed E-state index contributed by atoms with van der Waals surface area (Å²) in [6.07, 6.45) is 1.62.